The Labute approximate surface area is 224 Å². The van der Waals surface area contributed by atoms with E-state index in [0.717, 1.165) is 24.3 Å². The topological polar surface area (TPSA) is 138 Å². The average molecular weight is 550 g/mol. The minimum absolute atomic E-state index is 0.0365. The number of piperidine rings is 1. The zero-order valence-electron chi connectivity index (χ0n) is 22.1. The third-order valence-corrected chi connectivity index (χ3v) is 6.77. The molecule has 4 heterocycles. The quantitative estimate of drug-likeness (QED) is 0.505. The van der Waals surface area contributed by atoms with Crippen LogP contribution in [0.15, 0.2) is 24.7 Å². The number of carbonyl (C=O) groups excluding carboxylic acids is 2. The van der Waals surface area contributed by atoms with Crippen LogP contribution in [0.25, 0.3) is 0 Å². The average Bonchev–Trinajstić information content (AvgIpc) is 3.33. The highest BCUT2D eigenvalue weighted by atomic mass is 19.3. The molecule has 2 aromatic rings. The molecule has 0 unspecified atom stereocenters. The number of aromatic nitrogens is 4. The van der Waals surface area contributed by atoms with Gasteiger partial charge in [-0.05, 0) is 39.4 Å². The van der Waals surface area contributed by atoms with E-state index in [0.29, 0.717) is 6.61 Å². The van der Waals surface area contributed by atoms with Crippen molar-refractivity contribution in [3.05, 3.63) is 24.7 Å². The second-order valence-corrected chi connectivity index (χ2v) is 9.43. The number of halogens is 2. The van der Waals surface area contributed by atoms with Gasteiger partial charge >= 0.3 is 12.1 Å². The third kappa shape index (κ3) is 7.16. The fourth-order valence-corrected chi connectivity index (χ4v) is 4.49. The Balaban J connectivity index is 1.37. The predicted molar refractivity (Wildman–Crippen MR) is 138 cm³/mol. The third-order valence-electron chi connectivity index (χ3n) is 6.77. The highest BCUT2D eigenvalue weighted by Gasteiger charge is 2.48. The molecule has 2 N–H and O–H groups in total. The standard InChI is InChI=1S/C24H33F2N9O4/c1-4-38-20-13-28-19(12-29-20)31-22(36)34(3)17-14-35(11-8-24(17,25)26)21-27-9-7-18(30-21)32-23(37)39-15-16-6-5-10-33(16)2/h7,9,12-13,16-17H,4-6,8,10-11,14-15H2,1-3H3,(H,28,31,36)(H,27,30,32,37)/t16-,17-/m0/s1. The van der Waals surface area contributed by atoms with Crippen molar-refractivity contribution in [2.45, 2.75) is 44.2 Å². The number of ether oxygens (including phenoxy) is 2. The molecule has 15 heteroatoms. The number of nitrogens with zero attached hydrogens (tertiary/aromatic N) is 7. The first-order valence-electron chi connectivity index (χ1n) is 12.7. The van der Waals surface area contributed by atoms with Crippen LogP contribution in [-0.2, 0) is 4.74 Å². The Bertz CT molecular complexity index is 1140. The highest BCUT2D eigenvalue weighted by Crippen LogP contribution is 2.33. The lowest BCUT2D eigenvalue weighted by molar-refractivity contribution is -0.0760. The molecule has 0 aromatic carbocycles. The minimum atomic E-state index is -3.15. The number of nitrogens with one attached hydrogen (secondary N) is 2. The first kappa shape index (κ1) is 28.1. The van der Waals surface area contributed by atoms with Gasteiger partial charge in [0.1, 0.15) is 18.5 Å². The number of urea groups is 1. The van der Waals surface area contributed by atoms with Crippen molar-refractivity contribution in [1.29, 1.82) is 0 Å². The van der Waals surface area contributed by atoms with E-state index in [1.165, 1.54) is 31.7 Å². The molecule has 4 rings (SSSR count). The summed E-state index contributed by atoms with van der Waals surface area (Å²) in [5.41, 5.74) is 0. The van der Waals surface area contributed by atoms with E-state index < -0.39 is 30.5 Å². The number of anilines is 3. The maximum atomic E-state index is 14.9. The minimum Gasteiger partial charge on any atom is -0.477 e. The van der Waals surface area contributed by atoms with E-state index in [4.69, 9.17) is 9.47 Å². The largest absolute Gasteiger partial charge is 0.477 e. The molecular weight excluding hydrogens is 516 g/mol. The van der Waals surface area contributed by atoms with Crippen LogP contribution in [0.2, 0.25) is 0 Å². The van der Waals surface area contributed by atoms with Crippen LogP contribution < -0.4 is 20.3 Å². The first-order valence-corrected chi connectivity index (χ1v) is 12.7. The van der Waals surface area contributed by atoms with Gasteiger partial charge in [-0.2, -0.15) is 4.98 Å². The van der Waals surface area contributed by atoms with Crippen LogP contribution in [0.5, 0.6) is 5.88 Å². The fraction of sp³-hybridized carbons (Fsp3) is 0.583. The lowest BCUT2D eigenvalue weighted by atomic mass is 10.00. The first-order chi connectivity index (χ1) is 18.7. The summed E-state index contributed by atoms with van der Waals surface area (Å²) < 4.78 is 40.4. The molecule has 13 nitrogen and oxygen atoms in total. The Kier molecular flexibility index (Phi) is 8.89. The van der Waals surface area contributed by atoms with Gasteiger partial charge in [0, 0.05) is 38.8 Å². The summed E-state index contributed by atoms with van der Waals surface area (Å²) in [5.74, 6) is -2.45. The number of rotatable bonds is 8. The molecule has 212 valence electrons. The summed E-state index contributed by atoms with van der Waals surface area (Å²) in [4.78, 5) is 46.2. The maximum absolute atomic E-state index is 14.9. The van der Waals surface area contributed by atoms with Gasteiger partial charge in [0.05, 0.1) is 19.0 Å². The van der Waals surface area contributed by atoms with Crippen LogP contribution in [0, 0.1) is 0 Å². The van der Waals surface area contributed by atoms with Crippen molar-refractivity contribution in [1.82, 2.24) is 29.7 Å². The summed E-state index contributed by atoms with van der Waals surface area (Å²) >= 11 is 0. The van der Waals surface area contributed by atoms with Crippen molar-refractivity contribution in [2.24, 2.45) is 0 Å². The fourth-order valence-electron chi connectivity index (χ4n) is 4.49. The molecule has 3 amide bonds. The Morgan fingerprint density at radius 3 is 2.69 bits per heavy atom. The van der Waals surface area contributed by atoms with Crippen LogP contribution in [0.4, 0.5) is 36.0 Å². The lowest BCUT2D eigenvalue weighted by Gasteiger charge is -2.42. The summed E-state index contributed by atoms with van der Waals surface area (Å²) in [5, 5.41) is 5.04. The molecule has 2 fully saturated rings. The monoisotopic (exact) mass is 549 g/mol. The van der Waals surface area contributed by atoms with Crippen LogP contribution in [-0.4, -0.2) is 107 Å². The Morgan fingerprint density at radius 2 is 2.00 bits per heavy atom. The van der Waals surface area contributed by atoms with Crippen LogP contribution in [0.3, 0.4) is 0 Å². The van der Waals surface area contributed by atoms with Crippen molar-refractivity contribution >= 4 is 29.7 Å². The zero-order chi connectivity index (χ0) is 28.0. The molecule has 0 saturated carbocycles. The molecule has 2 aliphatic heterocycles. The molecule has 0 bridgehead atoms. The normalized spacial score (nSPS) is 20.8. The summed E-state index contributed by atoms with van der Waals surface area (Å²) in [6.45, 7) is 3.16. The second-order valence-electron chi connectivity index (χ2n) is 9.43. The van der Waals surface area contributed by atoms with Gasteiger partial charge in [0.15, 0.2) is 5.82 Å². The van der Waals surface area contributed by atoms with E-state index in [9.17, 15) is 18.4 Å². The van der Waals surface area contributed by atoms with Gasteiger partial charge < -0.3 is 24.2 Å². The molecule has 2 aromatic heterocycles. The van der Waals surface area contributed by atoms with Gasteiger partial charge in [-0.15, -0.1) is 0 Å². The van der Waals surface area contributed by atoms with E-state index in [2.05, 4.69) is 35.5 Å². The SMILES string of the molecule is CCOc1cnc(NC(=O)N(C)[C@H]2CN(c3nccc(NC(=O)OC[C@@H]4CCCN4C)n3)CCC2(F)F)cn1. The van der Waals surface area contributed by atoms with Crippen molar-refractivity contribution in [2.75, 3.05) is 62.5 Å². The lowest BCUT2D eigenvalue weighted by Crippen LogP contribution is -2.60. The smallest absolute Gasteiger partial charge is 0.412 e. The molecule has 2 saturated heterocycles. The molecule has 2 atom stereocenters. The van der Waals surface area contributed by atoms with Gasteiger partial charge in [0.25, 0.3) is 5.92 Å². The van der Waals surface area contributed by atoms with Gasteiger partial charge in [-0.25, -0.2) is 33.3 Å². The van der Waals surface area contributed by atoms with Crippen molar-refractivity contribution in [3.8, 4) is 5.88 Å². The number of carbonyl (C=O) groups is 2. The molecule has 0 radical (unpaired) electrons. The summed E-state index contributed by atoms with van der Waals surface area (Å²) in [6, 6.07) is -0.582. The number of hydrogen-bond acceptors (Lipinski definition) is 10. The van der Waals surface area contributed by atoms with Crippen molar-refractivity contribution < 1.29 is 27.8 Å². The summed E-state index contributed by atoms with van der Waals surface area (Å²) in [6.07, 6.45) is 4.88. The number of hydrogen-bond donors (Lipinski definition) is 2. The highest BCUT2D eigenvalue weighted by molar-refractivity contribution is 5.88. The number of likely N-dealkylation sites (N-methyl/N-ethyl adjacent to an activating group) is 2. The second kappa shape index (κ2) is 12.3. The number of likely N-dealkylation sites (tertiary alicyclic amines) is 1. The van der Waals surface area contributed by atoms with Crippen molar-refractivity contribution in [3.63, 3.8) is 0 Å². The zero-order valence-corrected chi connectivity index (χ0v) is 22.1. The van der Waals surface area contributed by atoms with Gasteiger partial charge in [-0.1, -0.05) is 0 Å². The summed E-state index contributed by atoms with van der Waals surface area (Å²) in [7, 11) is 3.27. The molecule has 0 aliphatic carbocycles. The Morgan fingerprint density at radius 1 is 1.18 bits per heavy atom. The van der Waals surface area contributed by atoms with Gasteiger partial charge in [-0.3, -0.25) is 10.6 Å². The Hall–Kier alpha value is -3.88. The number of alkyl halides is 2. The van der Waals surface area contributed by atoms with Crippen LogP contribution in [0.1, 0.15) is 26.2 Å². The predicted octanol–water partition coefficient (Wildman–Crippen LogP) is 2.69. The van der Waals surface area contributed by atoms with E-state index >= 15 is 0 Å². The van der Waals surface area contributed by atoms with E-state index in [1.54, 1.807) is 11.8 Å². The van der Waals surface area contributed by atoms with Crippen LogP contribution >= 0.6 is 0 Å². The molecule has 39 heavy (non-hydrogen) atoms. The maximum Gasteiger partial charge on any atom is 0.412 e. The van der Waals surface area contributed by atoms with E-state index in [1.807, 2.05) is 7.05 Å². The van der Waals surface area contributed by atoms with Gasteiger partial charge in [0.2, 0.25) is 11.8 Å². The number of amides is 3. The van der Waals surface area contributed by atoms with E-state index in [-0.39, 0.29) is 49.2 Å². The molecule has 2 aliphatic rings. The molecular formula is C24H33F2N9O4. The molecule has 0 spiro atoms.